The molecule has 1 aliphatic carbocycles. The molecule has 0 heterocycles. The molecule has 0 saturated heterocycles. The molecular formula is C14H19ClFNO. The van der Waals surface area contributed by atoms with Crippen LogP contribution in [0.25, 0.3) is 0 Å². The second-order valence-electron chi connectivity index (χ2n) is 5.09. The molecule has 100 valence electrons. The standard InChI is InChI=1S/C14H19ClFNO/c15-11-8-10(6-7-12(11)16)13(17)14(18)9-4-2-1-3-5-9/h6-9,13-14,18H,1-5,17H2/t13-,14+/m0/s1. The number of benzene rings is 1. The molecule has 1 aromatic carbocycles. The van der Waals surface area contributed by atoms with Crippen LogP contribution in [0.4, 0.5) is 4.39 Å². The summed E-state index contributed by atoms with van der Waals surface area (Å²) in [6.45, 7) is 0. The molecular weight excluding hydrogens is 253 g/mol. The van der Waals surface area contributed by atoms with Crippen LogP contribution in [0.2, 0.25) is 5.02 Å². The third-order valence-corrected chi connectivity index (χ3v) is 4.12. The second kappa shape index (κ2) is 6.00. The fourth-order valence-electron chi connectivity index (χ4n) is 2.69. The van der Waals surface area contributed by atoms with Gasteiger partial charge in [0.1, 0.15) is 5.82 Å². The van der Waals surface area contributed by atoms with E-state index in [0.29, 0.717) is 5.56 Å². The van der Waals surface area contributed by atoms with E-state index in [-0.39, 0.29) is 10.9 Å². The average Bonchev–Trinajstić information content (AvgIpc) is 2.41. The van der Waals surface area contributed by atoms with E-state index in [1.54, 1.807) is 6.07 Å². The fraction of sp³-hybridized carbons (Fsp3) is 0.571. The van der Waals surface area contributed by atoms with Gasteiger partial charge < -0.3 is 10.8 Å². The monoisotopic (exact) mass is 271 g/mol. The molecule has 2 rings (SSSR count). The van der Waals surface area contributed by atoms with Crippen molar-refractivity contribution in [3.05, 3.63) is 34.6 Å². The summed E-state index contributed by atoms with van der Waals surface area (Å²) in [6, 6.07) is 3.91. The van der Waals surface area contributed by atoms with Crippen LogP contribution in [0.15, 0.2) is 18.2 Å². The van der Waals surface area contributed by atoms with Gasteiger partial charge in [-0.2, -0.15) is 0 Å². The van der Waals surface area contributed by atoms with Crippen LogP contribution in [0.1, 0.15) is 43.7 Å². The van der Waals surface area contributed by atoms with Gasteiger partial charge in [-0.05, 0) is 36.5 Å². The van der Waals surface area contributed by atoms with Crippen molar-refractivity contribution in [3.63, 3.8) is 0 Å². The van der Waals surface area contributed by atoms with Gasteiger partial charge in [-0.3, -0.25) is 0 Å². The van der Waals surface area contributed by atoms with Gasteiger partial charge in [0.05, 0.1) is 17.2 Å². The first-order chi connectivity index (χ1) is 8.59. The molecule has 0 bridgehead atoms. The molecule has 3 N–H and O–H groups in total. The van der Waals surface area contributed by atoms with E-state index >= 15 is 0 Å². The van der Waals surface area contributed by atoms with Crippen LogP contribution in [0.5, 0.6) is 0 Å². The molecule has 4 heteroatoms. The highest BCUT2D eigenvalue weighted by Crippen LogP contribution is 2.32. The predicted octanol–water partition coefficient (Wildman–Crippen LogP) is 3.42. The molecule has 0 unspecified atom stereocenters. The van der Waals surface area contributed by atoms with Crippen LogP contribution >= 0.6 is 11.6 Å². The molecule has 1 saturated carbocycles. The highest BCUT2D eigenvalue weighted by Gasteiger charge is 2.27. The van der Waals surface area contributed by atoms with Crippen molar-refractivity contribution >= 4 is 11.6 Å². The van der Waals surface area contributed by atoms with Gasteiger partial charge in [0.25, 0.3) is 0 Å². The minimum absolute atomic E-state index is 0.0544. The number of aliphatic hydroxyl groups is 1. The minimum atomic E-state index is -0.577. The first-order valence-corrected chi connectivity index (χ1v) is 6.86. The molecule has 0 aromatic heterocycles. The summed E-state index contributed by atoms with van der Waals surface area (Å²) < 4.78 is 13.1. The summed E-state index contributed by atoms with van der Waals surface area (Å²) in [7, 11) is 0. The molecule has 1 fully saturated rings. The van der Waals surface area contributed by atoms with E-state index < -0.39 is 18.0 Å². The Hall–Kier alpha value is -0.640. The summed E-state index contributed by atoms with van der Waals surface area (Å²) in [4.78, 5) is 0. The third-order valence-electron chi connectivity index (χ3n) is 3.83. The molecule has 0 spiro atoms. The van der Waals surface area contributed by atoms with Crippen LogP contribution in [-0.4, -0.2) is 11.2 Å². The zero-order valence-electron chi connectivity index (χ0n) is 10.3. The maximum absolute atomic E-state index is 13.1. The van der Waals surface area contributed by atoms with Crippen LogP contribution in [0.3, 0.4) is 0 Å². The lowest BCUT2D eigenvalue weighted by Crippen LogP contribution is -2.34. The van der Waals surface area contributed by atoms with E-state index in [9.17, 15) is 9.50 Å². The van der Waals surface area contributed by atoms with Crippen LogP contribution in [0, 0.1) is 11.7 Å². The zero-order chi connectivity index (χ0) is 13.1. The number of rotatable bonds is 3. The summed E-state index contributed by atoms with van der Waals surface area (Å²) in [5.74, 6) is -0.211. The molecule has 2 nitrogen and oxygen atoms in total. The SMILES string of the molecule is N[C@@H](c1ccc(F)c(Cl)c1)[C@H](O)C1CCCCC1. The number of halogens is 2. The molecule has 1 aromatic rings. The predicted molar refractivity (Wildman–Crippen MR) is 70.9 cm³/mol. The highest BCUT2D eigenvalue weighted by molar-refractivity contribution is 6.30. The van der Waals surface area contributed by atoms with Crippen molar-refractivity contribution in [2.24, 2.45) is 11.7 Å². The number of hydrogen-bond donors (Lipinski definition) is 2. The summed E-state index contributed by atoms with van der Waals surface area (Å²) in [6.07, 6.45) is 5.00. The molecule has 0 amide bonds. The minimum Gasteiger partial charge on any atom is -0.391 e. The Bertz CT molecular complexity index is 407. The van der Waals surface area contributed by atoms with E-state index in [4.69, 9.17) is 17.3 Å². The summed E-state index contributed by atoms with van der Waals surface area (Å²) in [5, 5.41) is 10.3. The molecule has 18 heavy (non-hydrogen) atoms. The summed E-state index contributed by atoms with van der Waals surface area (Å²) >= 11 is 5.74. The number of hydrogen-bond acceptors (Lipinski definition) is 2. The first kappa shape index (κ1) is 13.8. The van der Waals surface area contributed by atoms with Gasteiger partial charge in [0.15, 0.2) is 0 Å². The molecule has 2 atom stereocenters. The third kappa shape index (κ3) is 3.02. The Labute approximate surface area is 112 Å². The normalized spacial score (nSPS) is 20.7. The maximum Gasteiger partial charge on any atom is 0.141 e. The van der Waals surface area contributed by atoms with E-state index in [1.165, 1.54) is 18.6 Å². The lowest BCUT2D eigenvalue weighted by molar-refractivity contribution is 0.0618. The Balaban J connectivity index is 2.09. The van der Waals surface area contributed by atoms with Gasteiger partial charge >= 0.3 is 0 Å². The topological polar surface area (TPSA) is 46.2 Å². The Morgan fingerprint density at radius 1 is 1.28 bits per heavy atom. The maximum atomic E-state index is 13.1. The Kier molecular flexibility index (Phi) is 4.60. The van der Waals surface area contributed by atoms with Crippen LogP contribution in [-0.2, 0) is 0 Å². The van der Waals surface area contributed by atoms with Gasteiger partial charge in [-0.15, -0.1) is 0 Å². The highest BCUT2D eigenvalue weighted by atomic mass is 35.5. The molecule has 0 radical (unpaired) electrons. The lowest BCUT2D eigenvalue weighted by Gasteiger charge is -2.30. The Morgan fingerprint density at radius 3 is 2.56 bits per heavy atom. The number of aliphatic hydroxyl groups excluding tert-OH is 1. The van der Waals surface area contributed by atoms with Gasteiger partial charge in [-0.1, -0.05) is 36.9 Å². The van der Waals surface area contributed by atoms with E-state index in [1.807, 2.05) is 0 Å². The second-order valence-corrected chi connectivity index (χ2v) is 5.50. The number of nitrogens with two attached hydrogens (primary N) is 1. The fourth-order valence-corrected chi connectivity index (χ4v) is 2.87. The van der Waals surface area contributed by atoms with Crippen molar-refractivity contribution in [2.45, 2.75) is 44.2 Å². The van der Waals surface area contributed by atoms with Gasteiger partial charge in [0.2, 0.25) is 0 Å². The molecule has 1 aliphatic rings. The van der Waals surface area contributed by atoms with Crippen molar-refractivity contribution in [3.8, 4) is 0 Å². The van der Waals surface area contributed by atoms with Gasteiger partial charge in [0, 0.05) is 0 Å². The Morgan fingerprint density at radius 2 is 1.94 bits per heavy atom. The smallest absolute Gasteiger partial charge is 0.141 e. The van der Waals surface area contributed by atoms with E-state index in [0.717, 1.165) is 25.7 Å². The largest absolute Gasteiger partial charge is 0.391 e. The lowest BCUT2D eigenvalue weighted by atomic mass is 9.81. The van der Waals surface area contributed by atoms with Gasteiger partial charge in [-0.25, -0.2) is 4.39 Å². The zero-order valence-corrected chi connectivity index (χ0v) is 11.0. The quantitative estimate of drug-likeness (QED) is 0.885. The average molecular weight is 272 g/mol. The summed E-state index contributed by atoms with van der Waals surface area (Å²) in [5.41, 5.74) is 6.75. The van der Waals surface area contributed by atoms with Crippen LogP contribution < -0.4 is 5.73 Å². The van der Waals surface area contributed by atoms with E-state index in [2.05, 4.69) is 0 Å². The first-order valence-electron chi connectivity index (χ1n) is 6.48. The van der Waals surface area contributed by atoms with Crippen molar-refractivity contribution in [2.75, 3.05) is 0 Å². The molecule has 0 aliphatic heterocycles. The van der Waals surface area contributed by atoms with Crippen molar-refractivity contribution in [1.29, 1.82) is 0 Å². The van der Waals surface area contributed by atoms with Crippen molar-refractivity contribution < 1.29 is 9.50 Å². The van der Waals surface area contributed by atoms with Crippen molar-refractivity contribution in [1.82, 2.24) is 0 Å².